The number of nitrogens with zero attached hydrogens (tertiary/aromatic N) is 1. The molecule has 2 fully saturated rings. The highest BCUT2D eigenvalue weighted by Gasteiger charge is 2.35. The SMILES string of the molecule is CC1CN(C(=O)C2CCC(C)O2)CC(CCl)O1. The van der Waals surface area contributed by atoms with Crippen LogP contribution in [0.1, 0.15) is 26.7 Å². The van der Waals surface area contributed by atoms with Gasteiger partial charge in [0, 0.05) is 13.1 Å². The van der Waals surface area contributed by atoms with E-state index in [1.54, 1.807) is 0 Å². The molecule has 2 heterocycles. The minimum Gasteiger partial charge on any atom is -0.370 e. The van der Waals surface area contributed by atoms with Crippen LogP contribution in [0.2, 0.25) is 0 Å². The predicted molar refractivity (Wildman–Crippen MR) is 65.2 cm³/mol. The monoisotopic (exact) mass is 261 g/mol. The number of ether oxygens (including phenoxy) is 2. The van der Waals surface area contributed by atoms with Gasteiger partial charge in [-0.15, -0.1) is 11.6 Å². The van der Waals surface area contributed by atoms with E-state index in [-0.39, 0.29) is 30.3 Å². The van der Waals surface area contributed by atoms with Gasteiger partial charge < -0.3 is 14.4 Å². The van der Waals surface area contributed by atoms with Crippen LogP contribution in [0.5, 0.6) is 0 Å². The lowest BCUT2D eigenvalue weighted by Gasteiger charge is -2.37. The molecule has 2 rings (SSSR count). The van der Waals surface area contributed by atoms with Crippen LogP contribution in [0, 0.1) is 0 Å². The van der Waals surface area contributed by atoms with Gasteiger partial charge in [-0.25, -0.2) is 0 Å². The highest BCUT2D eigenvalue weighted by atomic mass is 35.5. The molecule has 2 aliphatic rings. The van der Waals surface area contributed by atoms with Crippen LogP contribution in [0.4, 0.5) is 0 Å². The second kappa shape index (κ2) is 5.55. The topological polar surface area (TPSA) is 38.8 Å². The molecule has 0 saturated carbocycles. The Bertz CT molecular complexity index is 287. The van der Waals surface area contributed by atoms with E-state index in [9.17, 15) is 4.79 Å². The van der Waals surface area contributed by atoms with Gasteiger partial charge in [-0.1, -0.05) is 0 Å². The quantitative estimate of drug-likeness (QED) is 0.706. The zero-order valence-corrected chi connectivity index (χ0v) is 11.2. The maximum atomic E-state index is 12.3. The number of amides is 1. The zero-order chi connectivity index (χ0) is 12.4. The summed E-state index contributed by atoms with van der Waals surface area (Å²) in [5.41, 5.74) is 0. The summed E-state index contributed by atoms with van der Waals surface area (Å²) >= 11 is 5.80. The number of carbonyl (C=O) groups is 1. The Hall–Kier alpha value is -0.320. The molecule has 4 atom stereocenters. The van der Waals surface area contributed by atoms with Crippen LogP contribution in [0.3, 0.4) is 0 Å². The molecule has 98 valence electrons. The van der Waals surface area contributed by atoms with E-state index in [0.717, 1.165) is 12.8 Å². The predicted octanol–water partition coefficient (Wildman–Crippen LogP) is 1.41. The van der Waals surface area contributed by atoms with Crippen molar-refractivity contribution in [3.05, 3.63) is 0 Å². The minimum absolute atomic E-state index is 0.0512. The molecular formula is C12H20ClNO3. The van der Waals surface area contributed by atoms with Crippen LogP contribution in [-0.2, 0) is 14.3 Å². The first-order valence-corrected chi connectivity index (χ1v) is 6.79. The van der Waals surface area contributed by atoms with Gasteiger partial charge in [-0.2, -0.15) is 0 Å². The largest absolute Gasteiger partial charge is 0.370 e. The van der Waals surface area contributed by atoms with E-state index in [1.807, 2.05) is 18.7 Å². The minimum atomic E-state index is -0.258. The number of rotatable bonds is 2. The maximum absolute atomic E-state index is 12.3. The standard InChI is InChI=1S/C12H20ClNO3/c1-8-3-4-11(17-8)12(15)14-6-9(2)16-10(5-13)7-14/h8-11H,3-7H2,1-2H3. The molecule has 0 aromatic heterocycles. The molecule has 0 aromatic rings. The number of hydrogen-bond acceptors (Lipinski definition) is 3. The van der Waals surface area contributed by atoms with Gasteiger partial charge in [-0.3, -0.25) is 4.79 Å². The van der Waals surface area contributed by atoms with E-state index in [4.69, 9.17) is 21.1 Å². The normalized spacial score (nSPS) is 38.4. The highest BCUT2D eigenvalue weighted by molar-refractivity contribution is 6.18. The first kappa shape index (κ1) is 13.1. The molecule has 4 unspecified atom stereocenters. The summed E-state index contributed by atoms with van der Waals surface area (Å²) in [6.45, 7) is 5.20. The summed E-state index contributed by atoms with van der Waals surface area (Å²) in [6, 6.07) is 0. The van der Waals surface area contributed by atoms with Crippen molar-refractivity contribution in [2.24, 2.45) is 0 Å². The van der Waals surface area contributed by atoms with Crippen molar-refractivity contribution in [2.45, 2.75) is 51.1 Å². The molecule has 4 nitrogen and oxygen atoms in total. The van der Waals surface area contributed by atoms with E-state index in [0.29, 0.717) is 19.0 Å². The Morgan fingerprint density at radius 3 is 2.59 bits per heavy atom. The second-order valence-electron chi connectivity index (χ2n) is 4.98. The molecular weight excluding hydrogens is 242 g/mol. The lowest BCUT2D eigenvalue weighted by Crippen LogP contribution is -2.52. The van der Waals surface area contributed by atoms with Gasteiger partial charge in [0.05, 0.1) is 24.2 Å². The second-order valence-corrected chi connectivity index (χ2v) is 5.29. The van der Waals surface area contributed by atoms with Crippen molar-refractivity contribution >= 4 is 17.5 Å². The van der Waals surface area contributed by atoms with Crippen molar-refractivity contribution in [1.29, 1.82) is 0 Å². The fourth-order valence-electron chi connectivity index (χ4n) is 2.50. The summed E-state index contributed by atoms with van der Waals surface area (Å²) < 4.78 is 11.2. The lowest BCUT2D eigenvalue weighted by molar-refractivity contribution is -0.153. The summed E-state index contributed by atoms with van der Waals surface area (Å²) in [6.07, 6.45) is 1.74. The number of halogens is 1. The number of morpholine rings is 1. The van der Waals surface area contributed by atoms with E-state index < -0.39 is 0 Å². The van der Waals surface area contributed by atoms with Gasteiger partial charge in [0.25, 0.3) is 5.91 Å². The van der Waals surface area contributed by atoms with Crippen molar-refractivity contribution < 1.29 is 14.3 Å². The van der Waals surface area contributed by atoms with Crippen molar-refractivity contribution in [3.63, 3.8) is 0 Å². The Balaban J connectivity index is 1.94. The van der Waals surface area contributed by atoms with E-state index in [1.165, 1.54) is 0 Å². The van der Waals surface area contributed by atoms with Crippen molar-refractivity contribution in [2.75, 3.05) is 19.0 Å². The molecule has 5 heteroatoms. The molecule has 0 spiro atoms. The van der Waals surface area contributed by atoms with Gasteiger partial charge in [0.2, 0.25) is 0 Å². The average molecular weight is 262 g/mol. The van der Waals surface area contributed by atoms with Gasteiger partial charge in [-0.05, 0) is 26.7 Å². The lowest BCUT2D eigenvalue weighted by atomic mass is 10.1. The summed E-state index contributed by atoms with van der Waals surface area (Å²) in [5.74, 6) is 0.524. The van der Waals surface area contributed by atoms with Crippen LogP contribution in [0.15, 0.2) is 0 Å². The van der Waals surface area contributed by atoms with Crippen LogP contribution in [-0.4, -0.2) is 54.2 Å². The van der Waals surface area contributed by atoms with Gasteiger partial charge in [0.15, 0.2) is 0 Å². The molecule has 0 bridgehead atoms. The summed E-state index contributed by atoms with van der Waals surface area (Å²) in [4.78, 5) is 14.1. The Morgan fingerprint density at radius 1 is 1.24 bits per heavy atom. The van der Waals surface area contributed by atoms with Crippen LogP contribution >= 0.6 is 11.6 Å². The summed E-state index contributed by atoms with van der Waals surface area (Å²) in [5, 5.41) is 0. The Morgan fingerprint density at radius 2 is 2.00 bits per heavy atom. The number of carbonyl (C=O) groups excluding carboxylic acids is 1. The smallest absolute Gasteiger partial charge is 0.251 e. The molecule has 0 aliphatic carbocycles. The molecule has 1 amide bonds. The third-order valence-corrected chi connectivity index (χ3v) is 3.66. The molecule has 0 radical (unpaired) electrons. The van der Waals surface area contributed by atoms with Gasteiger partial charge in [0.1, 0.15) is 6.10 Å². The zero-order valence-electron chi connectivity index (χ0n) is 10.4. The summed E-state index contributed by atoms with van der Waals surface area (Å²) in [7, 11) is 0. The number of alkyl halides is 1. The molecule has 2 aliphatic heterocycles. The third-order valence-electron chi connectivity index (χ3n) is 3.32. The third kappa shape index (κ3) is 3.12. The Labute approximate surface area is 107 Å². The molecule has 0 N–H and O–H groups in total. The molecule has 2 saturated heterocycles. The van der Waals surface area contributed by atoms with Crippen LogP contribution in [0.25, 0.3) is 0 Å². The fourth-order valence-corrected chi connectivity index (χ4v) is 2.67. The van der Waals surface area contributed by atoms with Gasteiger partial charge >= 0.3 is 0 Å². The fraction of sp³-hybridized carbons (Fsp3) is 0.917. The first-order valence-electron chi connectivity index (χ1n) is 6.25. The van der Waals surface area contributed by atoms with E-state index >= 15 is 0 Å². The van der Waals surface area contributed by atoms with E-state index in [2.05, 4.69) is 0 Å². The first-order chi connectivity index (χ1) is 8.10. The molecule has 0 aromatic carbocycles. The number of hydrogen-bond donors (Lipinski definition) is 0. The van der Waals surface area contributed by atoms with Crippen LogP contribution < -0.4 is 0 Å². The molecule has 17 heavy (non-hydrogen) atoms. The average Bonchev–Trinajstić information content (AvgIpc) is 2.74. The van der Waals surface area contributed by atoms with Crippen molar-refractivity contribution in [3.8, 4) is 0 Å². The maximum Gasteiger partial charge on any atom is 0.251 e. The highest BCUT2D eigenvalue weighted by Crippen LogP contribution is 2.22. The Kier molecular flexibility index (Phi) is 4.28. The van der Waals surface area contributed by atoms with Crippen molar-refractivity contribution in [1.82, 2.24) is 4.90 Å².